The minimum Gasteiger partial charge on any atom is -0.481 e. The Balaban J connectivity index is 1.62. The van der Waals surface area contributed by atoms with Crippen LogP contribution >= 0.6 is 0 Å². The molecule has 3 amide bonds. The van der Waals surface area contributed by atoms with Crippen LogP contribution in [0.3, 0.4) is 0 Å². The van der Waals surface area contributed by atoms with Crippen molar-refractivity contribution in [3.8, 4) is 5.75 Å². The number of ether oxygens (including phenoxy) is 1. The third-order valence-corrected chi connectivity index (χ3v) is 3.46. The molecule has 1 aliphatic rings. The molecule has 0 saturated heterocycles. The van der Waals surface area contributed by atoms with Crippen molar-refractivity contribution in [2.24, 2.45) is 0 Å². The number of aromatic nitrogens is 1. The highest BCUT2D eigenvalue weighted by atomic mass is 16.5. The molecule has 0 spiro atoms. The molecular weight excluding hydrogens is 296 g/mol. The first-order chi connectivity index (χ1) is 11.1. The van der Waals surface area contributed by atoms with Crippen molar-refractivity contribution in [2.45, 2.75) is 6.54 Å². The quantitative estimate of drug-likeness (QED) is 0.904. The van der Waals surface area contributed by atoms with Gasteiger partial charge in [0, 0.05) is 25.0 Å². The molecule has 2 N–H and O–H groups in total. The Bertz CT molecular complexity index is 733. The van der Waals surface area contributed by atoms with Gasteiger partial charge in [0.1, 0.15) is 5.75 Å². The minimum atomic E-state index is -0.337. The van der Waals surface area contributed by atoms with Crippen LogP contribution in [0.5, 0.6) is 5.75 Å². The normalized spacial score (nSPS) is 13.1. The largest absolute Gasteiger partial charge is 0.481 e. The summed E-state index contributed by atoms with van der Waals surface area (Å²) in [6, 6.07) is 10.3. The number of fused-ring (bicyclic) bond motifs is 1. The first-order valence-electron chi connectivity index (χ1n) is 7.11. The van der Waals surface area contributed by atoms with Crippen molar-refractivity contribution in [1.29, 1.82) is 0 Å². The molecule has 0 bridgehead atoms. The Morgan fingerprint density at radius 3 is 3.00 bits per heavy atom. The molecule has 3 rings (SSSR count). The zero-order chi connectivity index (χ0) is 16.2. The standard InChI is InChI=1S/C16H16N4O3/c1-20-13-6-5-11(8-14(13)23-10-15(20)21)19-16(22)18-9-12-4-2-3-7-17-12/h2-8H,9-10H2,1H3,(H2,18,19,22). The number of hydrogen-bond acceptors (Lipinski definition) is 4. The van der Waals surface area contributed by atoms with Crippen LogP contribution in [0.25, 0.3) is 0 Å². The first kappa shape index (κ1) is 14.8. The lowest BCUT2D eigenvalue weighted by atomic mass is 10.2. The number of urea groups is 1. The molecule has 1 aromatic carbocycles. The van der Waals surface area contributed by atoms with Gasteiger partial charge in [0.2, 0.25) is 0 Å². The minimum absolute atomic E-state index is 0.00116. The third-order valence-electron chi connectivity index (χ3n) is 3.46. The Labute approximate surface area is 133 Å². The number of carbonyl (C=O) groups is 2. The second-order valence-electron chi connectivity index (χ2n) is 5.05. The average molecular weight is 312 g/mol. The fourth-order valence-electron chi connectivity index (χ4n) is 2.20. The maximum Gasteiger partial charge on any atom is 0.319 e. The summed E-state index contributed by atoms with van der Waals surface area (Å²) < 4.78 is 5.38. The van der Waals surface area contributed by atoms with Crippen LogP contribution in [0.2, 0.25) is 0 Å². The number of carbonyl (C=O) groups excluding carboxylic acids is 2. The van der Waals surface area contributed by atoms with Crippen molar-refractivity contribution < 1.29 is 14.3 Å². The second-order valence-corrected chi connectivity index (χ2v) is 5.05. The lowest BCUT2D eigenvalue weighted by molar-refractivity contribution is -0.120. The van der Waals surface area contributed by atoms with E-state index in [4.69, 9.17) is 4.74 Å². The van der Waals surface area contributed by atoms with Crippen LogP contribution < -0.4 is 20.3 Å². The van der Waals surface area contributed by atoms with Gasteiger partial charge in [-0.2, -0.15) is 0 Å². The molecule has 23 heavy (non-hydrogen) atoms. The molecule has 118 valence electrons. The van der Waals surface area contributed by atoms with Gasteiger partial charge in [0.15, 0.2) is 6.61 Å². The summed E-state index contributed by atoms with van der Waals surface area (Å²) in [5.74, 6) is 0.459. The van der Waals surface area contributed by atoms with Gasteiger partial charge in [-0.15, -0.1) is 0 Å². The van der Waals surface area contributed by atoms with Crippen LogP contribution in [-0.2, 0) is 11.3 Å². The lowest BCUT2D eigenvalue weighted by Crippen LogP contribution is -2.35. The van der Waals surface area contributed by atoms with Gasteiger partial charge in [0.25, 0.3) is 5.91 Å². The molecule has 0 saturated carbocycles. The van der Waals surface area contributed by atoms with Gasteiger partial charge in [-0.25, -0.2) is 4.79 Å². The van der Waals surface area contributed by atoms with Gasteiger partial charge < -0.3 is 20.3 Å². The molecule has 0 radical (unpaired) electrons. The zero-order valence-corrected chi connectivity index (χ0v) is 12.6. The number of amides is 3. The predicted octanol–water partition coefficient (Wildman–Crippen LogP) is 1.76. The summed E-state index contributed by atoms with van der Waals surface area (Å²) >= 11 is 0. The monoisotopic (exact) mass is 312 g/mol. The highest BCUT2D eigenvalue weighted by molar-refractivity contribution is 5.98. The summed E-state index contributed by atoms with van der Waals surface area (Å²) in [7, 11) is 1.69. The molecule has 7 nitrogen and oxygen atoms in total. The summed E-state index contributed by atoms with van der Waals surface area (Å²) in [4.78, 5) is 29.1. The molecule has 2 aromatic rings. The Morgan fingerprint density at radius 2 is 2.22 bits per heavy atom. The number of anilines is 2. The second kappa shape index (κ2) is 6.35. The molecule has 7 heteroatoms. The SMILES string of the molecule is CN1C(=O)COc2cc(NC(=O)NCc3ccccn3)ccc21. The number of pyridine rings is 1. The number of benzene rings is 1. The van der Waals surface area contributed by atoms with Crippen LogP contribution in [0, 0.1) is 0 Å². The van der Waals surface area contributed by atoms with E-state index in [1.165, 1.54) is 4.90 Å². The molecule has 2 heterocycles. The summed E-state index contributed by atoms with van der Waals surface area (Å²) in [6.07, 6.45) is 1.67. The molecular formula is C16H16N4O3. The van der Waals surface area contributed by atoms with Crippen LogP contribution in [0.1, 0.15) is 5.69 Å². The summed E-state index contributed by atoms with van der Waals surface area (Å²) in [5, 5.41) is 5.45. The van der Waals surface area contributed by atoms with Crippen molar-refractivity contribution in [1.82, 2.24) is 10.3 Å². The fourth-order valence-corrected chi connectivity index (χ4v) is 2.20. The number of hydrogen-bond donors (Lipinski definition) is 2. The van der Waals surface area contributed by atoms with E-state index in [-0.39, 0.29) is 18.5 Å². The topological polar surface area (TPSA) is 83.6 Å². The Kier molecular flexibility index (Phi) is 4.09. The van der Waals surface area contributed by atoms with E-state index in [1.807, 2.05) is 18.2 Å². The maximum atomic E-state index is 11.9. The number of rotatable bonds is 3. The first-order valence-corrected chi connectivity index (χ1v) is 7.11. The third kappa shape index (κ3) is 3.39. The maximum absolute atomic E-state index is 11.9. The van der Waals surface area contributed by atoms with E-state index in [2.05, 4.69) is 15.6 Å². The fraction of sp³-hybridized carbons (Fsp3) is 0.188. The van der Waals surface area contributed by atoms with Crippen LogP contribution in [0.4, 0.5) is 16.2 Å². The van der Waals surface area contributed by atoms with Crippen molar-refractivity contribution in [2.75, 3.05) is 23.9 Å². The zero-order valence-electron chi connectivity index (χ0n) is 12.6. The average Bonchev–Trinajstić information content (AvgIpc) is 2.57. The number of nitrogens with one attached hydrogen (secondary N) is 2. The van der Waals surface area contributed by atoms with E-state index in [1.54, 1.807) is 31.4 Å². The van der Waals surface area contributed by atoms with E-state index in [0.717, 1.165) is 5.69 Å². The summed E-state index contributed by atoms with van der Waals surface area (Å²) in [6.45, 7) is 0.337. The highest BCUT2D eigenvalue weighted by Crippen LogP contribution is 2.33. The van der Waals surface area contributed by atoms with E-state index in [0.29, 0.717) is 23.7 Å². The highest BCUT2D eigenvalue weighted by Gasteiger charge is 2.22. The van der Waals surface area contributed by atoms with E-state index >= 15 is 0 Å². The molecule has 0 aliphatic carbocycles. The van der Waals surface area contributed by atoms with Crippen molar-refractivity contribution in [3.63, 3.8) is 0 Å². The van der Waals surface area contributed by atoms with Crippen LogP contribution in [-0.4, -0.2) is 30.6 Å². The lowest BCUT2D eigenvalue weighted by Gasteiger charge is -2.26. The Morgan fingerprint density at radius 1 is 1.35 bits per heavy atom. The van der Waals surface area contributed by atoms with Gasteiger partial charge in [-0.1, -0.05) is 6.07 Å². The predicted molar refractivity (Wildman–Crippen MR) is 85.4 cm³/mol. The summed E-state index contributed by atoms with van der Waals surface area (Å²) in [5.41, 5.74) is 2.04. The Hall–Kier alpha value is -3.09. The van der Waals surface area contributed by atoms with Crippen molar-refractivity contribution >= 4 is 23.3 Å². The molecule has 0 unspecified atom stereocenters. The van der Waals surface area contributed by atoms with E-state index in [9.17, 15) is 9.59 Å². The van der Waals surface area contributed by atoms with Gasteiger partial charge in [-0.05, 0) is 24.3 Å². The van der Waals surface area contributed by atoms with Gasteiger partial charge in [0.05, 0.1) is 17.9 Å². The number of likely N-dealkylation sites (N-methyl/N-ethyl adjacent to an activating group) is 1. The van der Waals surface area contributed by atoms with Crippen LogP contribution in [0.15, 0.2) is 42.6 Å². The van der Waals surface area contributed by atoms with Gasteiger partial charge >= 0.3 is 6.03 Å². The smallest absolute Gasteiger partial charge is 0.319 e. The van der Waals surface area contributed by atoms with E-state index < -0.39 is 0 Å². The molecule has 1 aliphatic heterocycles. The molecule has 0 fully saturated rings. The molecule has 1 aromatic heterocycles. The number of nitrogens with zero attached hydrogens (tertiary/aromatic N) is 2. The molecule has 0 atom stereocenters. The van der Waals surface area contributed by atoms with Gasteiger partial charge in [-0.3, -0.25) is 9.78 Å². The van der Waals surface area contributed by atoms with Crippen molar-refractivity contribution in [3.05, 3.63) is 48.3 Å².